The van der Waals surface area contributed by atoms with E-state index in [9.17, 15) is 9.59 Å². The highest BCUT2D eigenvalue weighted by Gasteiger charge is 2.15. The number of hydrogen-bond acceptors (Lipinski definition) is 3. The number of carbonyl (C=O) groups excluding carboxylic acids is 2. The quantitative estimate of drug-likeness (QED) is 0.642. The molecule has 0 aliphatic carbocycles. The van der Waals surface area contributed by atoms with E-state index in [2.05, 4.69) is 15.8 Å². The van der Waals surface area contributed by atoms with E-state index in [0.29, 0.717) is 10.7 Å². The number of halogens is 1. The van der Waals surface area contributed by atoms with Gasteiger partial charge in [0, 0.05) is 24.0 Å². The monoisotopic (exact) mass is 323 g/mol. The highest BCUT2D eigenvalue weighted by atomic mass is 35.5. The van der Waals surface area contributed by atoms with E-state index >= 15 is 0 Å². The molecule has 0 spiro atoms. The fourth-order valence-electron chi connectivity index (χ4n) is 1.37. The minimum Gasteiger partial charge on any atom is -0.325 e. The van der Waals surface area contributed by atoms with Gasteiger partial charge in [-0.2, -0.15) is 5.10 Å². The molecule has 1 aromatic rings. The molecule has 0 bridgehead atoms. The first kappa shape index (κ1) is 18.2. The van der Waals surface area contributed by atoms with Crippen LogP contribution in [0.2, 0.25) is 5.02 Å². The lowest BCUT2D eigenvalue weighted by atomic mass is 9.91. The molecule has 5 nitrogen and oxygen atoms in total. The second kappa shape index (κ2) is 7.94. The summed E-state index contributed by atoms with van der Waals surface area (Å²) in [4.78, 5) is 23.5. The summed E-state index contributed by atoms with van der Waals surface area (Å²) >= 11 is 5.95. The van der Waals surface area contributed by atoms with Crippen LogP contribution in [0.25, 0.3) is 0 Å². The van der Waals surface area contributed by atoms with Crippen molar-refractivity contribution >= 4 is 34.8 Å². The molecule has 1 rings (SSSR count). The molecule has 0 saturated heterocycles. The molecule has 0 aromatic heterocycles. The van der Waals surface area contributed by atoms with E-state index in [-0.39, 0.29) is 30.1 Å². The Morgan fingerprint density at radius 2 is 1.73 bits per heavy atom. The number of nitrogens with one attached hydrogen (secondary N) is 2. The van der Waals surface area contributed by atoms with Crippen LogP contribution in [-0.4, -0.2) is 17.5 Å². The Morgan fingerprint density at radius 1 is 1.14 bits per heavy atom. The molecular weight excluding hydrogens is 302 g/mol. The molecule has 0 heterocycles. The molecule has 0 fully saturated rings. The topological polar surface area (TPSA) is 70.6 Å². The van der Waals surface area contributed by atoms with E-state index in [1.54, 1.807) is 24.3 Å². The van der Waals surface area contributed by atoms with E-state index in [1.165, 1.54) is 0 Å². The standard InChI is InChI=1S/C16H22ClN3O2/c1-11(16(2,3)4)19-20-15(22)10-9-14(21)18-13-8-6-5-7-12(13)17/h5-8H,9-10H2,1-4H3,(H,18,21)(H,20,22)/b19-11-. The van der Waals surface area contributed by atoms with Crippen molar-refractivity contribution in [2.75, 3.05) is 5.32 Å². The average molecular weight is 324 g/mol. The van der Waals surface area contributed by atoms with Crippen LogP contribution in [-0.2, 0) is 9.59 Å². The fourth-order valence-corrected chi connectivity index (χ4v) is 1.56. The summed E-state index contributed by atoms with van der Waals surface area (Å²) in [6.07, 6.45) is 0.137. The van der Waals surface area contributed by atoms with Crippen molar-refractivity contribution in [3.8, 4) is 0 Å². The van der Waals surface area contributed by atoms with Crippen molar-refractivity contribution in [2.24, 2.45) is 10.5 Å². The highest BCUT2D eigenvalue weighted by molar-refractivity contribution is 6.33. The summed E-state index contributed by atoms with van der Waals surface area (Å²) in [5.41, 5.74) is 3.72. The minimum absolute atomic E-state index is 0.0667. The predicted octanol–water partition coefficient (Wildman–Crippen LogP) is 3.60. The van der Waals surface area contributed by atoms with Gasteiger partial charge in [-0.1, -0.05) is 44.5 Å². The minimum atomic E-state index is -0.294. The molecule has 22 heavy (non-hydrogen) atoms. The Morgan fingerprint density at radius 3 is 2.32 bits per heavy atom. The lowest BCUT2D eigenvalue weighted by molar-refractivity contribution is -0.124. The highest BCUT2D eigenvalue weighted by Crippen LogP contribution is 2.20. The number of hydrogen-bond donors (Lipinski definition) is 2. The molecule has 0 unspecified atom stereocenters. The van der Waals surface area contributed by atoms with Gasteiger partial charge in [0.2, 0.25) is 11.8 Å². The van der Waals surface area contributed by atoms with Crippen molar-refractivity contribution in [3.63, 3.8) is 0 Å². The summed E-state index contributed by atoms with van der Waals surface area (Å²) in [6.45, 7) is 7.88. The van der Waals surface area contributed by atoms with E-state index < -0.39 is 0 Å². The second-order valence-electron chi connectivity index (χ2n) is 6.01. The second-order valence-corrected chi connectivity index (χ2v) is 6.42. The zero-order chi connectivity index (χ0) is 16.8. The summed E-state index contributed by atoms with van der Waals surface area (Å²) in [5, 5.41) is 7.17. The van der Waals surface area contributed by atoms with Gasteiger partial charge in [0.15, 0.2) is 0 Å². The van der Waals surface area contributed by atoms with Gasteiger partial charge in [-0.15, -0.1) is 0 Å². The van der Waals surface area contributed by atoms with Crippen molar-refractivity contribution in [2.45, 2.75) is 40.5 Å². The van der Waals surface area contributed by atoms with Crippen LogP contribution in [0.4, 0.5) is 5.69 Å². The zero-order valence-electron chi connectivity index (χ0n) is 13.4. The largest absolute Gasteiger partial charge is 0.325 e. The van der Waals surface area contributed by atoms with Crippen LogP contribution in [0.3, 0.4) is 0 Å². The third-order valence-electron chi connectivity index (χ3n) is 3.16. The predicted molar refractivity (Wildman–Crippen MR) is 90.0 cm³/mol. The number of amides is 2. The van der Waals surface area contributed by atoms with E-state index in [0.717, 1.165) is 5.71 Å². The van der Waals surface area contributed by atoms with Crippen molar-refractivity contribution in [1.29, 1.82) is 0 Å². The lowest BCUT2D eigenvalue weighted by Crippen LogP contribution is -2.25. The molecule has 120 valence electrons. The maximum atomic E-state index is 11.8. The van der Waals surface area contributed by atoms with Gasteiger partial charge in [0.05, 0.1) is 10.7 Å². The molecule has 0 saturated carbocycles. The average Bonchev–Trinajstić information content (AvgIpc) is 2.44. The van der Waals surface area contributed by atoms with Crippen molar-refractivity contribution in [1.82, 2.24) is 5.43 Å². The Balaban J connectivity index is 2.41. The van der Waals surface area contributed by atoms with Crippen LogP contribution in [0.1, 0.15) is 40.5 Å². The number of nitrogens with zero attached hydrogens (tertiary/aromatic N) is 1. The van der Waals surface area contributed by atoms with Crippen LogP contribution in [0.5, 0.6) is 0 Å². The van der Waals surface area contributed by atoms with Crippen LogP contribution in [0.15, 0.2) is 29.4 Å². The molecule has 0 aliphatic rings. The van der Waals surface area contributed by atoms with Crippen LogP contribution >= 0.6 is 11.6 Å². The summed E-state index contributed by atoms with van der Waals surface area (Å²) in [6, 6.07) is 6.95. The Labute approximate surface area is 136 Å². The van der Waals surface area contributed by atoms with Gasteiger partial charge in [-0.05, 0) is 19.1 Å². The van der Waals surface area contributed by atoms with Gasteiger partial charge in [0.25, 0.3) is 0 Å². The fraction of sp³-hybridized carbons (Fsp3) is 0.438. The first-order valence-electron chi connectivity index (χ1n) is 7.08. The third-order valence-corrected chi connectivity index (χ3v) is 3.49. The van der Waals surface area contributed by atoms with Gasteiger partial charge in [-0.25, -0.2) is 5.43 Å². The van der Waals surface area contributed by atoms with Gasteiger partial charge >= 0.3 is 0 Å². The smallest absolute Gasteiger partial charge is 0.240 e. The number of para-hydroxylation sites is 1. The van der Waals surface area contributed by atoms with Gasteiger partial charge in [-0.3, -0.25) is 9.59 Å². The molecule has 2 N–H and O–H groups in total. The molecule has 0 radical (unpaired) electrons. The number of benzene rings is 1. The molecule has 6 heteroatoms. The lowest BCUT2D eigenvalue weighted by Gasteiger charge is -2.17. The molecule has 1 aromatic carbocycles. The Bertz CT molecular complexity index is 577. The molecular formula is C16H22ClN3O2. The van der Waals surface area contributed by atoms with Crippen molar-refractivity contribution in [3.05, 3.63) is 29.3 Å². The zero-order valence-corrected chi connectivity index (χ0v) is 14.1. The maximum Gasteiger partial charge on any atom is 0.240 e. The van der Waals surface area contributed by atoms with Gasteiger partial charge in [0.1, 0.15) is 0 Å². The number of hydrazone groups is 1. The molecule has 2 amide bonds. The summed E-state index contributed by atoms with van der Waals surface area (Å²) in [5.74, 6) is -0.558. The van der Waals surface area contributed by atoms with Crippen LogP contribution < -0.4 is 10.7 Å². The van der Waals surface area contributed by atoms with Crippen molar-refractivity contribution < 1.29 is 9.59 Å². The maximum absolute atomic E-state index is 11.8. The van der Waals surface area contributed by atoms with Gasteiger partial charge < -0.3 is 5.32 Å². The third kappa shape index (κ3) is 6.26. The molecule has 0 atom stereocenters. The number of anilines is 1. The molecule has 0 aliphatic heterocycles. The summed E-state index contributed by atoms with van der Waals surface area (Å²) < 4.78 is 0. The Kier molecular flexibility index (Phi) is 6.56. The number of rotatable bonds is 5. The first-order chi connectivity index (χ1) is 10.2. The summed E-state index contributed by atoms with van der Waals surface area (Å²) in [7, 11) is 0. The normalized spacial score (nSPS) is 12.0. The number of carbonyl (C=O) groups is 2. The van der Waals surface area contributed by atoms with E-state index in [1.807, 2.05) is 27.7 Å². The van der Waals surface area contributed by atoms with E-state index in [4.69, 9.17) is 11.6 Å². The Hall–Kier alpha value is -1.88. The first-order valence-corrected chi connectivity index (χ1v) is 7.46. The SMILES string of the molecule is C/C(=N/NC(=O)CCC(=O)Nc1ccccc1Cl)C(C)(C)C. The van der Waals surface area contributed by atoms with Crippen LogP contribution in [0, 0.1) is 5.41 Å².